The molecule has 1 aromatic rings. The summed E-state index contributed by atoms with van der Waals surface area (Å²) in [6.45, 7) is 6.22. The molecule has 0 atom stereocenters. The highest BCUT2D eigenvalue weighted by Crippen LogP contribution is 2.23. The van der Waals surface area contributed by atoms with Crippen molar-refractivity contribution in [2.45, 2.75) is 32.7 Å². The topological polar surface area (TPSA) is 105 Å². The van der Waals surface area contributed by atoms with Crippen molar-refractivity contribution in [1.29, 1.82) is 0 Å². The maximum absolute atomic E-state index is 11.9. The van der Waals surface area contributed by atoms with E-state index in [0.717, 1.165) is 0 Å². The van der Waals surface area contributed by atoms with Crippen molar-refractivity contribution >= 4 is 23.2 Å². The number of nitrogens with one attached hydrogen (secondary N) is 2. The van der Waals surface area contributed by atoms with E-state index in [4.69, 9.17) is 0 Å². The molecule has 0 bridgehead atoms. The van der Waals surface area contributed by atoms with Crippen LogP contribution in [0.15, 0.2) is 24.3 Å². The Hall–Kier alpha value is -2.48. The van der Waals surface area contributed by atoms with Gasteiger partial charge in [-0.25, -0.2) is 0 Å². The number of carbonyl (C=O) groups is 2. The van der Waals surface area contributed by atoms with E-state index >= 15 is 0 Å². The van der Waals surface area contributed by atoms with Gasteiger partial charge < -0.3 is 10.6 Å². The van der Waals surface area contributed by atoms with Gasteiger partial charge in [-0.1, -0.05) is 12.1 Å². The van der Waals surface area contributed by atoms with Crippen LogP contribution >= 0.6 is 0 Å². The van der Waals surface area contributed by atoms with Gasteiger partial charge in [0.1, 0.15) is 5.69 Å². The standard InChI is InChI=1S/C16H24N4O4/c1-16(2,3)18-15(22)11-19(4)10-9-14(21)17-12-7-5-6-8-13(12)20(23)24/h5-8H,9-11H2,1-4H3,(H,17,21)(H,18,22). The van der Waals surface area contributed by atoms with Crippen LogP contribution in [0.3, 0.4) is 0 Å². The summed E-state index contributed by atoms with van der Waals surface area (Å²) < 4.78 is 0. The molecule has 24 heavy (non-hydrogen) atoms. The number of hydrogen-bond donors (Lipinski definition) is 2. The summed E-state index contributed by atoms with van der Waals surface area (Å²) in [5.41, 5.74) is -0.286. The summed E-state index contributed by atoms with van der Waals surface area (Å²) in [7, 11) is 1.74. The zero-order chi connectivity index (χ0) is 18.3. The molecule has 1 aromatic carbocycles. The largest absolute Gasteiger partial charge is 0.350 e. The van der Waals surface area contributed by atoms with Crippen LogP contribution in [-0.2, 0) is 9.59 Å². The number of anilines is 1. The van der Waals surface area contributed by atoms with Gasteiger partial charge in [0, 0.05) is 24.6 Å². The summed E-state index contributed by atoms with van der Waals surface area (Å²) in [5.74, 6) is -0.462. The third-order valence-electron chi connectivity index (χ3n) is 3.02. The van der Waals surface area contributed by atoms with E-state index in [0.29, 0.717) is 6.54 Å². The van der Waals surface area contributed by atoms with E-state index in [1.165, 1.54) is 18.2 Å². The van der Waals surface area contributed by atoms with E-state index in [1.54, 1.807) is 18.0 Å². The third kappa shape index (κ3) is 7.19. The lowest BCUT2D eigenvalue weighted by molar-refractivity contribution is -0.383. The van der Waals surface area contributed by atoms with Gasteiger partial charge in [-0.15, -0.1) is 0 Å². The zero-order valence-corrected chi connectivity index (χ0v) is 14.5. The van der Waals surface area contributed by atoms with E-state index in [-0.39, 0.29) is 41.7 Å². The molecular formula is C16H24N4O4. The molecule has 0 saturated carbocycles. The maximum atomic E-state index is 11.9. The van der Waals surface area contributed by atoms with Gasteiger partial charge >= 0.3 is 0 Å². The highest BCUT2D eigenvalue weighted by molar-refractivity contribution is 5.93. The normalized spacial score (nSPS) is 11.2. The molecule has 8 heteroatoms. The van der Waals surface area contributed by atoms with Crippen LogP contribution in [0, 0.1) is 10.1 Å². The van der Waals surface area contributed by atoms with Crippen molar-refractivity contribution in [3.63, 3.8) is 0 Å². The Morgan fingerprint density at radius 2 is 1.83 bits per heavy atom. The smallest absolute Gasteiger partial charge is 0.292 e. The second-order valence-corrected chi connectivity index (χ2v) is 6.61. The number of benzene rings is 1. The number of nitrogens with zero attached hydrogens (tertiary/aromatic N) is 2. The molecule has 0 aliphatic rings. The van der Waals surface area contributed by atoms with Crippen molar-refractivity contribution < 1.29 is 14.5 Å². The number of likely N-dealkylation sites (N-methyl/N-ethyl adjacent to an activating group) is 1. The Morgan fingerprint density at radius 1 is 1.21 bits per heavy atom. The molecule has 0 fully saturated rings. The zero-order valence-electron chi connectivity index (χ0n) is 14.5. The molecule has 0 aliphatic heterocycles. The second-order valence-electron chi connectivity index (χ2n) is 6.61. The quantitative estimate of drug-likeness (QED) is 0.583. The average molecular weight is 336 g/mol. The van der Waals surface area contributed by atoms with E-state index in [1.807, 2.05) is 20.8 Å². The summed E-state index contributed by atoms with van der Waals surface area (Å²) in [4.78, 5) is 35.8. The third-order valence-corrected chi connectivity index (χ3v) is 3.02. The molecular weight excluding hydrogens is 312 g/mol. The lowest BCUT2D eigenvalue weighted by Crippen LogP contribution is -2.45. The Morgan fingerprint density at radius 3 is 2.42 bits per heavy atom. The van der Waals surface area contributed by atoms with Crippen LogP contribution in [0.2, 0.25) is 0 Å². The number of rotatable bonds is 7. The molecule has 0 unspecified atom stereocenters. The molecule has 0 aliphatic carbocycles. The maximum Gasteiger partial charge on any atom is 0.292 e. The van der Waals surface area contributed by atoms with Crippen LogP contribution in [0.4, 0.5) is 11.4 Å². The van der Waals surface area contributed by atoms with E-state index < -0.39 is 4.92 Å². The average Bonchev–Trinajstić information content (AvgIpc) is 2.43. The molecule has 0 saturated heterocycles. The van der Waals surface area contributed by atoms with Crippen LogP contribution < -0.4 is 10.6 Å². The molecule has 0 heterocycles. The van der Waals surface area contributed by atoms with Gasteiger partial charge in [0.15, 0.2) is 0 Å². The Balaban J connectivity index is 2.47. The van der Waals surface area contributed by atoms with Crippen molar-refractivity contribution in [2.75, 3.05) is 25.5 Å². The fourth-order valence-corrected chi connectivity index (χ4v) is 2.03. The molecule has 0 radical (unpaired) electrons. The highest BCUT2D eigenvalue weighted by Gasteiger charge is 2.17. The number of carbonyl (C=O) groups excluding carboxylic acids is 2. The van der Waals surface area contributed by atoms with Crippen molar-refractivity contribution in [3.05, 3.63) is 34.4 Å². The van der Waals surface area contributed by atoms with Crippen LogP contribution in [0.5, 0.6) is 0 Å². The molecule has 8 nitrogen and oxygen atoms in total. The van der Waals surface area contributed by atoms with Gasteiger partial charge in [0.25, 0.3) is 5.69 Å². The first-order valence-electron chi connectivity index (χ1n) is 7.61. The van der Waals surface area contributed by atoms with Crippen molar-refractivity contribution in [2.24, 2.45) is 0 Å². The van der Waals surface area contributed by atoms with Crippen molar-refractivity contribution in [3.8, 4) is 0 Å². The van der Waals surface area contributed by atoms with Crippen LogP contribution in [0.1, 0.15) is 27.2 Å². The first-order chi connectivity index (χ1) is 11.1. The predicted octanol–water partition coefficient (Wildman–Crippen LogP) is 1.77. The lowest BCUT2D eigenvalue weighted by Gasteiger charge is -2.23. The van der Waals surface area contributed by atoms with Gasteiger partial charge in [0.05, 0.1) is 11.5 Å². The number of amides is 2. The van der Waals surface area contributed by atoms with Crippen LogP contribution in [0.25, 0.3) is 0 Å². The highest BCUT2D eigenvalue weighted by atomic mass is 16.6. The van der Waals surface area contributed by atoms with E-state index in [2.05, 4.69) is 10.6 Å². The fraction of sp³-hybridized carbons (Fsp3) is 0.500. The van der Waals surface area contributed by atoms with Gasteiger partial charge in [-0.05, 0) is 33.9 Å². The first kappa shape index (κ1) is 19.6. The molecule has 132 valence electrons. The number of nitro groups is 1. The first-order valence-corrected chi connectivity index (χ1v) is 7.61. The fourth-order valence-electron chi connectivity index (χ4n) is 2.03. The Labute approximate surface area is 141 Å². The van der Waals surface area contributed by atoms with Crippen molar-refractivity contribution in [1.82, 2.24) is 10.2 Å². The molecule has 0 spiro atoms. The SMILES string of the molecule is CN(CCC(=O)Nc1ccccc1[N+](=O)[O-])CC(=O)NC(C)(C)C. The summed E-state index contributed by atoms with van der Waals surface area (Å²) in [6.07, 6.45) is 0.130. The minimum atomic E-state index is -0.543. The Kier molecular flexibility index (Phi) is 6.84. The minimum absolute atomic E-state index is 0.121. The summed E-state index contributed by atoms with van der Waals surface area (Å²) in [5, 5.41) is 16.3. The summed E-state index contributed by atoms with van der Waals surface area (Å²) >= 11 is 0. The molecule has 1 rings (SSSR count). The molecule has 2 amide bonds. The van der Waals surface area contributed by atoms with E-state index in [9.17, 15) is 19.7 Å². The van der Waals surface area contributed by atoms with Crippen LogP contribution in [-0.4, -0.2) is 47.3 Å². The van der Waals surface area contributed by atoms with Gasteiger partial charge in [0.2, 0.25) is 11.8 Å². The minimum Gasteiger partial charge on any atom is -0.350 e. The van der Waals surface area contributed by atoms with Gasteiger partial charge in [-0.2, -0.15) is 0 Å². The molecule has 0 aromatic heterocycles. The lowest BCUT2D eigenvalue weighted by atomic mass is 10.1. The monoisotopic (exact) mass is 336 g/mol. The second kappa shape index (κ2) is 8.39. The predicted molar refractivity (Wildman–Crippen MR) is 91.7 cm³/mol. The number of para-hydroxylation sites is 2. The Bertz CT molecular complexity index is 610. The number of hydrogen-bond acceptors (Lipinski definition) is 5. The number of nitro benzene ring substituents is 1. The summed E-state index contributed by atoms with van der Waals surface area (Å²) in [6, 6.07) is 5.97. The van der Waals surface area contributed by atoms with Gasteiger partial charge in [-0.3, -0.25) is 24.6 Å². The molecule has 2 N–H and O–H groups in total.